The molecule has 4 nitrogen and oxygen atoms in total. The van der Waals surface area contributed by atoms with Crippen molar-refractivity contribution in [3.8, 4) is 5.75 Å². The van der Waals surface area contributed by atoms with Crippen molar-refractivity contribution in [2.75, 3.05) is 7.05 Å². The summed E-state index contributed by atoms with van der Waals surface area (Å²) >= 11 is 0. The van der Waals surface area contributed by atoms with E-state index in [1.54, 1.807) is 0 Å². The molecule has 0 heterocycles. The van der Waals surface area contributed by atoms with Crippen LogP contribution in [0.2, 0.25) is 0 Å². The molecule has 0 aliphatic carbocycles. The van der Waals surface area contributed by atoms with Crippen LogP contribution in [-0.4, -0.2) is 26.7 Å². The smallest absolute Gasteiger partial charge is 0.410 e. The molecule has 1 aromatic carbocycles. The number of hydrogen-bond acceptors (Lipinski definition) is 3. The molecule has 1 aromatic rings. The van der Waals surface area contributed by atoms with Crippen molar-refractivity contribution in [2.45, 2.75) is 53.4 Å². The Balaban J connectivity index is 3.65. The first-order valence-corrected chi connectivity index (χ1v) is 7.31. The van der Waals surface area contributed by atoms with Crippen molar-refractivity contribution < 1.29 is 14.3 Å². The SMILES string of the molecule is [B]C(=O)CC(C)(C)c1c(C)c(C)c(C)c(C)c1OC(=O)NC. The highest BCUT2D eigenvalue weighted by molar-refractivity contribution is 6.57. The first kappa shape index (κ1) is 18.3. The standard InChI is InChI=1S/C17H24BNO3/c1-9-10(2)12(4)15(22-16(21)19-7)14(11(9)3)17(5,6)8-13(18)20/h8H2,1-7H3,(H,19,21). The predicted molar refractivity (Wildman–Crippen MR) is 88.9 cm³/mol. The van der Waals surface area contributed by atoms with E-state index in [0.29, 0.717) is 5.75 Å². The van der Waals surface area contributed by atoms with E-state index in [2.05, 4.69) is 5.32 Å². The van der Waals surface area contributed by atoms with Gasteiger partial charge in [-0.2, -0.15) is 0 Å². The fourth-order valence-electron chi connectivity index (χ4n) is 2.89. The monoisotopic (exact) mass is 301 g/mol. The average molecular weight is 301 g/mol. The van der Waals surface area contributed by atoms with Gasteiger partial charge in [0.05, 0.1) is 5.68 Å². The molecule has 118 valence electrons. The van der Waals surface area contributed by atoms with Crippen LogP contribution >= 0.6 is 0 Å². The molecule has 1 N–H and O–H groups in total. The molecule has 0 bridgehead atoms. The van der Waals surface area contributed by atoms with Gasteiger partial charge in [-0.05, 0) is 55.4 Å². The lowest BCUT2D eigenvalue weighted by molar-refractivity contribution is -0.112. The zero-order chi connectivity index (χ0) is 17.2. The summed E-state index contributed by atoms with van der Waals surface area (Å²) in [6.45, 7) is 11.8. The summed E-state index contributed by atoms with van der Waals surface area (Å²) in [6.07, 6.45) is -0.346. The molecule has 5 heteroatoms. The van der Waals surface area contributed by atoms with Gasteiger partial charge >= 0.3 is 6.09 Å². The second kappa shape index (κ2) is 6.55. The van der Waals surface area contributed by atoms with E-state index in [0.717, 1.165) is 27.8 Å². The van der Waals surface area contributed by atoms with E-state index in [4.69, 9.17) is 12.6 Å². The number of rotatable bonds is 4. The lowest BCUT2D eigenvalue weighted by Crippen LogP contribution is -2.28. The molecule has 0 saturated carbocycles. The van der Waals surface area contributed by atoms with Crippen molar-refractivity contribution in [1.29, 1.82) is 0 Å². The zero-order valence-electron chi connectivity index (χ0n) is 14.5. The van der Waals surface area contributed by atoms with Gasteiger partial charge in [0.1, 0.15) is 5.75 Å². The lowest BCUT2D eigenvalue weighted by Gasteiger charge is -2.31. The second-order valence-electron chi connectivity index (χ2n) is 6.37. The third-order valence-corrected chi connectivity index (χ3v) is 4.32. The summed E-state index contributed by atoms with van der Waals surface area (Å²) < 4.78 is 5.51. The molecule has 22 heavy (non-hydrogen) atoms. The van der Waals surface area contributed by atoms with Gasteiger partial charge in [-0.1, -0.05) is 13.8 Å². The summed E-state index contributed by atoms with van der Waals surface area (Å²) in [5, 5.41) is 2.46. The van der Waals surface area contributed by atoms with E-state index in [1.165, 1.54) is 7.05 Å². The molecule has 1 rings (SSSR count). The van der Waals surface area contributed by atoms with E-state index in [-0.39, 0.29) is 12.1 Å². The lowest BCUT2D eigenvalue weighted by atomic mass is 9.72. The largest absolute Gasteiger partial charge is 0.412 e. The van der Waals surface area contributed by atoms with Crippen LogP contribution in [0.25, 0.3) is 0 Å². The summed E-state index contributed by atoms with van der Waals surface area (Å²) in [5.74, 6) is 0.520. The van der Waals surface area contributed by atoms with Crippen LogP contribution in [0.3, 0.4) is 0 Å². The molecule has 1 amide bonds. The Morgan fingerprint density at radius 2 is 1.55 bits per heavy atom. The molecule has 0 spiro atoms. The summed E-state index contributed by atoms with van der Waals surface area (Å²) in [4.78, 5) is 23.1. The molecule has 0 unspecified atom stereocenters. The molecule has 0 fully saturated rings. The van der Waals surface area contributed by atoms with Crippen molar-refractivity contribution in [1.82, 2.24) is 5.32 Å². The minimum Gasteiger partial charge on any atom is -0.410 e. The Morgan fingerprint density at radius 3 is 2.00 bits per heavy atom. The van der Waals surface area contributed by atoms with E-state index in [9.17, 15) is 9.59 Å². The number of amides is 1. The Labute approximate surface area is 134 Å². The van der Waals surface area contributed by atoms with Gasteiger partial charge < -0.3 is 14.8 Å². The van der Waals surface area contributed by atoms with Crippen molar-refractivity contribution >= 4 is 19.6 Å². The van der Waals surface area contributed by atoms with Gasteiger partial charge in [-0.15, -0.1) is 0 Å². The van der Waals surface area contributed by atoms with Crippen LogP contribution in [0.4, 0.5) is 4.79 Å². The van der Waals surface area contributed by atoms with E-state index < -0.39 is 11.5 Å². The van der Waals surface area contributed by atoms with Crippen LogP contribution in [0, 0.1) is 27.7 Å². The fourth-order valence-corrected chi connectivity index (χ4v) is 2.89. The molecule has 0 atom stereocenters. The first-order valence-electron chi connectivity index (χ1n) is 7.31. The Morgan fingerprint density at radius 1 is 1.05 bits per heavy atom. The second-order valence-corrected chi connectivity index (χ2v) is 6.37. The van der Waals surface area contributed by atoms with Gasteiger partial charge in [0.25, 0.3) is 0 Å². The van der Waals surface area contributed by atoms with Crippen LogP contribution in [0.15, 0.2) is 0 Å². The number of nitrogens with one attached hydrogen (secondary N) is 1. The van der Waals surface area contributed by atoms with Crippen molar-refractivity contribution in [2.24, 2.45) is 0 Å². The zero-order valence-corrected chi connectivity index (χ0v) is 14.5. The maximum atomic E-state index is 11.7. The van der Waals surface area contributed by atoms with Gasteiger partial charge in [0.2, 0.25) is 0 Å². The van der Waals surface area contributed by atoms with Crippen molar-refractivity contribution in [3.05, 3.63) is 27.8 Å². The minimum atomic E-state index is -0.526. The fraction of sp³-hybridized carbons (Fsp3) is 0.529. The maximum absolute atomic E-state index is 11.7. The normalized spacial score (nSPS) is 11.2. The third kappa shape index (κ3) is 3.51. The summed E-state index contributed by atoms with van der Waals surface area (Å²) in [5.41, 5.74) is 4.08. The quantitative estimate of drug-likeness (QED) is 0.870. The highest BCUT2D eigenvalue weighted by Gasteiger charge is 2.31. The molecule has 0 aliphatic heterocycles. The maximum Gasteiger partial charge on any atom is 0.412 e. The topological polar surface area (TPSA) is 55.4 Å². The highest BCUT2D eigenvalue weighted by atomic mass is 16.6. The number of ether oxygens (including phenoxy) is 1. The highest BCUT2D eigenvalue weighted by Crippen LogP contribution is 2.42. The number of hydrogen-bond donors (Lipinski definition) is 1. The molecule has 0 saturated heterocycles. The van der Waals surface area contributed by atoms with Crippen molar-refractivity contribution in [3.63, 3.8) is 0 Å². The minimum absolute atomic E-state index is 0.180. The summed E-state index contributed by atoms with van der Waals surface area (Å²) in [6, 6.07) is 0. The van der Waals surface area contributed by atoms with E-state index in [1.807, 2.05) is 41.5 Å². The van der Waals surface area contributed by atoms with Gasteiger partial charge in [0.15, 0.2) is 7.85 Å². The first-order chi connectivity index (χ1) is 10.0. The molecule has 2 radical (unpaired) electrons. The molecule has 0 aliphatic rings. The summed E-state index contributed by atoms with van der Waals surface area (Å²) in [7, 11) is 6.90. The molecular weight excluding hydrogens is 277 g/mol. The Hall–Kier alpha value is -1.78. The number of benzene rings is 1. The van der Waals surface area contributed by atoms with Gasteiger partial charge in [-0.25, -0.2) is 4.79 Å². The van der Waals surface area contributed by atoms with Crippen LogP contribution in [0.1, 0.15) is 48.1 Å². The van der Waals surface area contributed by atoms with Crippen LogP contribution in [-0.2, 0) is 10.2 Å². The molecular formula is C17H24BNO3. The third-order valence-electron chi connectivity index (χ3n) is 4.32. The van der Waals surface area contributed by atoms with Gasteiger partial charge in [0, 0.05) is 19.0 Å². The predicted octanol–water partition coefficient (Wildman–Crippen LogP) is 3.00. The van der Waals surface area contributed by atoms with Gasteiger partial charge in [-0.3, -0.25) is 0 Å². The Bertz CT molecular complexity index is 621. The van der Waals surface area contributed by atoms with Crippen LogP contribution in [0.5, 0.6) is 5.75 Å². The molecule has 0 aromatic heterocycles. The van der Waals surface area contributed by atoms with E-state index >= 15 is 0 Å². The number of carbonyl (C=O) groups excluding carboxylic acids is 2. The Kier molecular flexibility index (Phi) is 5.44. The average Bonchev–Trinajstić information content (AvgIpc) is 2.40. The van der Waals surface area contributed by atoms with Crippen LogP contribution < -0.4 is 10.1 Å². The number of carbonyl (C=O) groups is 2.